The summed E-state index contributed by atoms with van der Waals surface area (Å²) in [5.74, 6) is 1.12. The average molecular weight is 603 g/mol. The Balaban J connectivity index is 1.27. The molecule has 4 aromatic carbocycles. The van der Waals surface area contributed by atoms with Gasteiger partial charge in [0.25, 0.3) is 0 Å². The summed E-state index contributed by atoms with van der Waals surface area (Å²) in [5, 5.41) is 3.59. The number of carbonyl (C=O) groups excluding carboxylic acids is 1. The van der Waals surface area contributed by atoms with Crippen molar-refractivity contribution in [3.05, 3.63) is 112 Å². The van der Waals surface area contributed by atoms with Crippen molar-refractivity contribution in [2.45, 2.75) is 84.7 Å². The van der Waals surface area contributed by atoms with Gasteiger partial charge in [-0.2, -0.15) is 0 Å². The molecule has 0 aliphatic carbocycles. The van der Waals surface area contributed by atoms with E-state index in [9.17, 15) is 4.79 Å². The van der Waals surface area contributed by atoms with E-state index in [2.05, 4.69) is 67.4 Å². The Hall–Kier alpha value is -4.25. The molecule has 234 valence electrons. The lowest BCUT2D eigenvalue weighted by atomic mass is 9.76. The van der Waals surface area contributed by atoms with Crippen molar-refractivity contribution in [1.82, 2.24) is 0 Å². The third kappa shape index (κ3) is 6.05. The molecule has 0 aromatic heterocycles. The molecule has 5 nitrogen and oxygen atoms in total. The number of carbonyl (C=O) groups is 1. The highest BCUT2D eigenvalue weighted by Crippen LogP contribution is 2.57. The van der Waals surface area contributed by atoms with Crippen molar-refractivity contribution < 1.29 is 14.3 Å². The second-order valence-electron chi connectivity index (χ2n) is 12.7. The molecular formula is C40H46N2O3. The number of fused-ring (bicyclic) bond motifs is 6. The molecule has 45 heavy (non-hydrogen) atoms. The molecule has 2 aliphatic heterocycles. The van der Waals surface area contributed by atoms with E-state index in [-0.39, 0.29) is 5.97 Å². The maximum Gasteiger partial charge on any atom is 0.340 e. The first-order valence-corrected chi connectivity index (χ1v) is 16.8. The zero-order chi connectivity index (χ0) is 31.4. The summed E-state index contributed by atoms with van der Waals surface area (Å²) in [7, 11) is 0. The Morgan fingerprint density at radius 2 is 1.40 bits per heavy atom. The van der Waals surface area contributed by atoms with E-state index in [1.807, 2.05) is 49.4 Å². The van der Waals surface area contributed by atoms with E-state index in [0.717, 1.165) is 58.0 Å². The number of nitrogens with zero attached hydrogens (tertiary/aromatic N) is 1. The molecular weight excluding hydrogens is 556 g/mol. The van der Waals surface area contributed by atoms with Gasteiger partial charge in [0.15, 0.2) is 5.60 Å². The molecule has 0 fully saturated rings. The van der Waals surface area contributed by atoms with Gasteiger partial charge in [0.05, 0.1) is 5.56 Å². The van der Waals surface area contributed by atoms with Crippen LogP contribution in [0.5, 0.6) is 11.5 Å². The van der Waals surface area contributed by atoms with Crippen LogP contribution in [0.1, 0.15) is 103 Å². The Kier molecular flexibility index (Phi) is 9.16. The van der Waals surface area contributed by atoms with Crippen LogP contribution in [0.2, 0.25) is 0 Å². The molecule has 1 spiro atoms. The number of hydrogen-bond acceptors (Lipinski definition) is 5. The van der Waals surface area contributed by atoms with Crippen LogP contribution in [0.4, 0.5) is 17.1 Å². The number of benzene rings is 4. The van der Waals surface area contributed by atoms with Crippen molar-refractivity contribution in [3.63, 3.8) is 0 Å². The number of nitrogens with one attached hydrogen (secondary N) is 1. The molecule has 1 N–H and O–H groups in total. The predicted octanol–water partition coefficient (Wildman–Crippen LogP) is 10.6. The fourth-order valence-electron chi connectivity index (χ4n) is 6.95. The van der Waals surface area contributed by atoms with Crippen molar-refractivity contribution in [1.29, 1.82) is 0 Å². The number of hydrogen-bond donors (Lipinski definition) is 1. The van der Waals surface area contributed by atoms with Crippen LogP contribution in [0.15, 0.2) is 78.9 Å². The minimum Gasteiger partial charge on any atom is -0.456 e. The molecule has 0 saturated carbocycles. The summed E-state index contributed by atoms with van der Waals surface area (Å²) in [6.07, 6.45) is 10.2. The number of rotatable bonds is 13. The Morgan fingerprint density at radius 1 is 0.711 bits per heavy atom. The summed E-state index contributed by atoms with van der Waals surface area (Å²) in [6, 6.07) is 26.8. The molecule has 1 atom stereocenters. The summed E-state index contributed by atoms with van der Waals surface area (Å²) in [4.78, 5) is 15.8. The molecule has 0 saturated heterocycles. The van der Waals surface area contributed by atoms with E-state index in [1.165, 1.54) is 57.1 Å². The van der Waals surface area contributed by atoms with Crippen molar-refractivity contribution in [2.75, 3.05) is 23.3 Å². The number of ether oxygens (including phenoxy) is 2. The second kappa shape index (κ2) is 13.4. The highest BCUT2D eigenvalue weighted by molar-refractivity contribution is 5.97. The van der Waals surface area contributed by atoms with Gasteiger partial charge >= 0.3 is 5.97 Å². The first-order chi connectivity index (χ1) is 21.9. The molecule has 2 aliphatic rings. The number of unbranched alkanes of at least 4 members (excludes halogenated alkanes) is 6. The number of esters is 1. The normalized spacial score (nSPS) is 16.0. The van der Waals surface area contributed by atoms with Crippen LogP contribution in [0, 0.1) is 13.8 Å². The summed E-state index contributed by atoms with van der Waals surface area (Å²) in [5.41, 5.74) is 7.44. The van der Waals surface area contributed by atoms with Crippen LogP contribution in [0.25, 0.3) is 0 Å². The lowest BCUT2D eigenvalue weighted by Crippen LogP contribution is -2.33. The minimum absolute atomic E-state index is 0.310. The van der Waals surface area contributed by atoms with Gasteiger partial charge < -0.3 is 19.7 Å². The lowest BCUT2D eigenvalue weighted by molar-refractivity contribution is 0.0223. The fraction of sp³-hybridized carbons (Fsp3) is 0.375. The number of aryl methyl sites for hydroxylation is 2. The standard InChI is InChI=1S/C40H46N2O3/c1-5-7-9-13-23-42(24-14-10-8-6-2)32-20-17-30(18-21-32)41-31-19-22-35-37(27-31)44-38-29(4)25-28(3)26-36(38)40(35)34-16-12-11-15-33(34)39(43)45-40/h11-12,15-22,25-27,41H,5-10,13-14,23-24H2,1-4H3. The van der Waals surface area contributed by atoms with Crippen LogP contribution in [-0.4, -0.2) is 19.1 Å². The highest BCUT2D eigenvalue weighted by atomic mass is 16.6. The smallest absolute Gasteiger partial charge is 0.340 e. The molecule has 0 radical (unpaired) electrons. The Labute approximate surface area is 268 Å². The predicted molar refractivity (Wildman–Crippen MR) is 184 cm³/mol. The molecule has 4 aromatic rings. The fourth-order valence-corrected chi connectivity index (χ4v) is 6.95. The summed E-state index contributed by atoms with van der Waals surface area (Å²) in [6.45, 7) is 10.9. The SMILES string of the molecule is CCCCCCN(CCCCCC)c1ccc(Nc2ccc3c(c2)Oc2c(C)cc(C)cc2C32OC(=O)c3ccccc32)cc1. The van der Waals surface area contributed by atoms with Gasteiger partial charge in [-0.25, -0.2) is 4.79 Å². The van der Waals surface area contributed by atoms with Gasteiger partial charge in [-0.1, -0.05) is 82.2 Å². The first kappa shape index (κ1) is 30.8. The summed E-state index contributed by atoms with van der Waals surface area (Å²) < 4.78 is 13.0. The van der Waals surface area contributed by atoms with E-state index in [0.29, 0.717) is 11.3 Å². The van der Waals surface area contributed by atoms with Gasteiger partial charge in [0, 0.05) is 52.9 Å². The van der Waals surface area contributed by atoms with E-state index < -0.39 is 5.60 Å². The largest absolute Gasteiger partial charge is 0.456 e. The Bertz CT molecular complexity index is 1650. The molecule has 6 rings (SSSR count). The zero-order valence-corrected chi connectivity index (χ0v) is 27.2. The topological polar surface area (TPSA) is 50.8 Å². The van der Waals surface area contributed by atoms with Gasteiger partial charge in [0.2, 0.25) is 0 Å². The molecule has 1 unspecified atom stereocenters. The molecule has 5 heteroatoms. The monoisotopic (exact) mass is 602 g/mol. The van der Waals surface area contributed by atoms with Crippen LogP contribution in [-0.2, 0) is 10.3 Å². The van der Waals surface area contributed by atoms with Gasteiger partial charge in [0.1, 0.15) is 11.5 Å². The summed E-state index contributed by atoms with van der Waals surface area (Å²) >= 11 is 0. The second-order valence-corrected chi connectivity index (χ2v) is 12.7. The average Bonchev–Trinajstić information content (AvgIpc) is 3.34. The third-order valence-corrected chi connectivity index (χ3v) is 9.23. The maximum absolute atomic E-state index is 13.2. The van der Waals surface area contributed by atoms with E-state index >= 15 is 0 Å². The quantitative estimate of drug-likeness (QED) is 0.122. The highest BCUT2D eigenvalue weighted by Gasteiger charge is 2.53. The van der Waals surface area contributed by atoms with Crippen LogP contribution in [0.3, 0.4) is 0 Å². The maximum atomic E-state index is 13.2. The van der Waals surface area contributed by atoms with Gasteiger partial charge in [-0.05, 0) is 80.8 Å². The Morgan fingerprint density at radius 3 is 2.11 bits per heavy atom. The molecule has 2 heterocycles. The van der Waals surface area contributed by atoms with Gasteiger partial charge in [-0.15, -0.1) is 0 Å². The van der Waals surface area contributed by atoms with E-state index in [1.54, 1.807) is 0 Å². The van der Waals surface area contributed by atoms with Crippen molar-refractivity contribution >= 4 is 23.0 Å². The lowest BCUT2D eigenvalue weighted by Gasteiger charge is -2.37. The van der Waals surface area contributed by atoms with Crippen molar-refractivity contribution in [3.8, 4) is 11.5 Å². The van der Waals surface area contributed by atoms with E-state index in [4.69, 9.17) is 9.47 Å². The number of anilines is 3. The first-order valence-electron chi connectivity index (χ1n) is 16.8. The minimum atomic E-state index is -1.05. The van der Waals surface area contributed by atoms with Gasteiger partial charge in [-0.3, -0.25) is 0 Å². The van der Waals surface area contributed by atoms with Crippen LogP contribution >= 0.6 is 0 Å². The molecule has 0 amide bonds. The third-order valence-electron chi connectivity index (χ3n) is 9.23. The zero-order valence-electron chi connectivity index (χ0n) is 27.2. The van der Waals surface area contributed by atoms with Crippen LogP contribution < -0.4 is 15.0 Å². The molecule has 0 bridgehead atoms. The van der Waals surface area contributed by atoms with Crippen molar-refractivity contribution in [2.24, 2.45) is 0 Å².